The van der Waals surface area contributed by atoms with Crippen LogP contribution in [-0.2, 0) is 9.53 Å². The molecule has 0 fully saturated rings. The number of carbonyl (C=O) groups is 1. The third-order valence-electron chi connectivity index (χ3n) is 4.27. The first-order valence-electron chi connectivity index (χ1n) is 9.38. The molecule has 6 heteroatoms. The van der Waals surface area contributed by atoms with Gasteiger partial charge >= 0.3 is 5.97 Å². The first-order valence-corrected chi connectivity index (χ1v) is 10.4. The van der Waals surface area contributed by atoms with Crippen LogP contribution in [0.2, 0.25) is 0 Å². The number of benzene rings is 2. The van der Waals surface area contributed by atoms with E-state index in [0.717, 1.165) is 16.8 Å². The maximum absolute atomic E-state index is 13.2. The van der Waals surface area contributed by atoms with Gasteiger partial charge in [-0.05, 0) is 62.6 Å². The van der Waals surface area contributed by atoms with Gasteiger partial charge in [0.1, 0.15) is 0 Å². The van der Waals surface area contributed by atoms with Crippen LogP contribution >= 0.6 is 11.8 Å². The van der Waals surface area contributed by atoms with Crippen molar-refractivity contribution in [2.75, 3.05) is 12.4 Å². The summed E-state index contributed by atoms with van der Waals surface area (Å²) in [7, 11) is 0. The van der Waals surface area contributed by atoms with Crippen molar-refractivity contribution in [3.63, 3.8) is 0 Å². The molecule has 3 rings (SSSR count). The van der Waals surface area contributed by atoms with Crippen LogP contribution in [0.4, 0.5) is 0 Å². The van der Waals surface area contributed by atoms with E-state index < -0.39 is 0 Å². The molecule has 0 saturated carbocycles. The summed E-state index contributed by atoms with van der Waals surface area (Å²) in [5, 5.41) is 1.23. The van der Waals surface area contributed by atoms with E-state index in [-0.39, 0.29) is 11.5 Å². The zero-order valence-electron chi connectivity index (χ0n) is 16.4. The monoisotopic (exact) mass is 396 g/mol. The molecule has 0 spiro atoms. The maximum Gasteiger partial charge on any atom is 0.305 e. The summed E-state index contributed by atoms with van der Waals surface area (Å²) >= 11 is 1.49. The summed E-state index contributed by atoms with van der Waals surface area (Å²) in [5.41, 5.74) is 3.60. The van der Waals surface area contributed by atoms with Gasteiger partial charge in [-0.15, -0.1) is 0 Å². The number of hydrogen-bond acceptors (Lipinski definition) is 5. The van der Waals surface area contributed by atoms with Crippen LogP contribution in [0.5, 0.6) is 0 Å². The van der Waals surface area contributed by atoms with Crippen molar-refractivity contribution in [1.82, 2.24) is 9.55 Å². The lowest BCUT2D eigenvalue weighted by Crippen LogP contribution is -2.22. The normalized spacial score (nSPS) is 11.0. The lowest BCUT2D eigenvalue weighted by Gasteiger charge is -2.14. The Bertz CT molecular complexity index is 1040. The molecule has 0 radical (unpaired) electrons. The quantitative estimate of drug-likeness (QED) is 0.256. The summed E-state index contributed by atoms with van der Waals surface area (Å²) in [5.74, 6) is 0.482. The predicted octanol–water partition coefficient (Wildman–Crippen LogP) is 4.44. The molecule has 1 heterocycles. The first kappa shape index (κ1) is 20.1. The fourth-order valence-electron chi connectivity index (χ4n) is 3.13. The number of hydrogen-bond donors (Lipinski definition) is 0. The average molecular weight is 397 g/mol. The fourth-order valence-corrected chi connectivity index (χ4v) is 4.08. The molecule has 2 aromatic carbocycles. The second kappa shape index (κ2) is 9.06. The predicted molar refractivity (Wildman–Crippen MR) is 113 cm³/mol. The van der Waals surface area contributed by atoms with Crippen LogP contribution in [0.25, 0.3) is 16.6 Å². The van der Waals surface area contributed by atoms with Gasteiger partial charge in [-0.1, -0.05) is 30.0 Å². The van der Waals surface area contributed by atoms with E-state index in [0.29, 0.717) is 41.3 Å². The summed E-state index contributed by atoms with van der Waals surface area (Å²) < 4.78 is 6.65. The second-order valence-corrected chi connectivity index (χ2v) is 7.72. The molecule has 28 heavy (non-hydrogen) atoms. The summed E-state index contributed by atoms with van der Waals surface area (Å²) in [6.45, 7) is 6.23. The van der Waals surface area contributed by atoms with E-state index in [4.69, 9.17) is 9.72 Å². The smallest absolute Gasteiger partial charge is 0.305 e. The molecule has 0 saturated heterocycles. The molecule has 0 aliphatic heterocycles. The summed E-state index contributed by atoms with van der Waals surface area (Å²) in [6.07, 6.45) is 1.03. The van der Waals surface area contributed by atoms with Crippen molar-refractivity contribution in [2.45, 2.75) is 38.8 Å². The minimum atomic E-state index is -0.193. The Hall–Kier alpha value is -2.60. The van der Waals surface area contributed by atoms with Crippen molar-refractivity contribution >= 4 is 28.6 Å². The molecule has 0 atom stereocenters. The molecule has 0 amide bonds. The summed E-state index contributed by atoms with van der Waals surface area (Å²) in [4.78, 5) is 29.5. The SMILES string of the molecule is CCOC(=O)CCCSc1nc2ccccc2c(=O)n1-c1cc(C)cc(C)c1. The molecule has 1 aromatic heterocycles. The standard InChI is InChI=1S/C22H24N2O3S/c1-4-27-20(25)10-7-11-28-22-23-19-9-6-5-8-18(19)21(26)24(22)17-13-15(2)12-16(3)14-17/h5-6,8-9,12-14H,4,7,10-11H2,1-3H3. The van der Waals surface area contributed by atoms with E-state index >= 15 is 0 Å². The molecule has 5 nitrogen and oxygen atoms in total. The van der Waals surface area contributed by atoms with Crippen molar-refractivity contribution in [3.8, 4) is 5.69 Å². The molecule has 0 aliphatic rings. The largest absolute Gasteiger partial charge is 0.466 e. The van der Waals surface area contributed by atoms with Gasteiger partial charge in [0.15, 0.2) is 5.16 Å². The highest BCUT2D eigenvalue weighted by Crippen LogP contribution is 2.23. The third kappa shape index (κ3) is 4.62. The zero-order valence-corrected chi connectivity index (χ0v) is 17.2. The Morgan fingerprint density at radius 2 is 1.86 bits per heavy atom. The van der Waals surface area contributed by atoms with E-state index in [1.54, 1.807) is 17.6 Å². The van der Waals surface area contributed by atoms with Crippen molar-refractivity contribution in [2.24, 2.45) is 0 Å². The number of fused-ring (bicyclic) bond motifs is 1. The highest BCUT2D eigenvalue weighted by Gasteiger charge is 2.14. The molecule has 146 valence electrons. The van der Waals surface area contributed by atoms with Crippen molar-refractivity contribution < 1.29 is 9.53 Å². The number of ether oxygens (including phenoxy) is 1. The van der Waals surface area contributed by atoms with Gasteiger partial charge in [-0.25, -0.2) is 4.98 Å². The van der Waals surface area contributed by atoms with Gasteiger partial charge in [0.25, 0.3) is 5.56 Å². The van der Waals surface area contributed by atoms with E-state index in [1.165, 1.54) is 11.8 Å². The Morgan fingerprint density at radius 1 is 1.14 bits per heavy atom. The Morgan fingerprint density at radius 3 is 2.57 bits per heavy atom. The van der Waals surface area contributed by atoms with Crippen molar-refractivity contribution in [1.29, 1.82) is 0 Å². The maximum atomic E-state index is 13.2. The Balaban J connectivity index is 1.98. The van der Waals surface area contributed by atoms with Crippen LogP contribution in [0.1, 0.15) is 30.9 Å². The van der Waals surface area contributed by atoms with E-state index in [1.807, 2.05) is 44.2 Å². The number of rotatable bonds is 7. The van der Waals surface area contributed by atoms with Gasteiger partial charge in [0.05, 0.1) is 23.2 Å². The average Bonchev–Trinajstić information content (AvgIpc) is 2.65. The fraction of sp³-hybridized carbons (Fsp3) is 0.318. The lowest BCUT2D eigenvalue weighted by atomic mass is 10.1. The number of aryl methyl sites for hydroxylation is 2. The van der Waals surface area contributed by atoms with E-state index in [2.05, 4.69) is 6.07 Å². The van der Waals surface area contributed by atoms with Gasteiger partial charge < -0.3 is 4.74 Å². The second-order valence-electron chi connectivity index (χ2n) is 6.66. The summed E-state index contributed by atoms with van der Waals surface area (Å²) in [6, 6.07) is 13.5. The van der Waals surface area contributed by atoms with Gasteiger partial charge in [0.2, 0.25) is 0 Å². The van der Waals surface area contributed by atoms with Crippen LogP contribution in [0.3, 0.4) is 0 Å². The topological polar surface area (TPSA) is 61.2 Å². The van der Waals surface area contributed by atoms with Crippen LogP contribution in [0.15, 0.2) is 52.4 Å². The van der Waals surface area contributed by atoms with Crippen LogP contribution in [0, 0.1) is 13.8 Å². The van der Waals surface area contributed by atoms with Gasteiger partial charge in [0, 0.05) is 12.2 Å². The number of esters is 1. The molecular weight excluding hydrogens is 372 g/mol. The Labute approximate surface area is 168 Å². The van der Waals surface area contributed by atoms with Gasteiger partial charge in [-0.3, -0.25) is 14.2 Å². The minimum Gasteiger partial charge on any atom is -0.466 e. The van der Waals surface area contributed by atoms with Crippen LogP contribution < -0.4 is 5.56 Å². The molecular formula is C22H24N2O3S. The number of thioether (sulfide) groups is 1. The van der Waals surface area contributed by atoms with E-state index in [9.17, 15) is 9.59 Å². The molecule has 3 aromatic rings. The number of nitrogens with zero attached hydrogens (tertiary/aromatic N) is 2. The van der Waals surface area contributed by atoms with Crippen molar-refractivity contribution in [3.05, 3.63) is 63.9 Å². The highest BCUT2D eigenvalue weighted by atomic mass is 32.2. The number of carbonyl (C=O) groups excluding carboxylic acids is 1. The number of aromatic nitrogens is 2. The Kier molecular flexibility index (Phi) is 6.52. The van der Waals surface area contributed by atoms with Crippen LogP contribution in [-0.4, -0.2) is 27.9 Å². The minimum absolute atomic E-state index is 0.0801. The highest BCUT2D eigenvalue weighted by molar-refractivity contribution is 7.99. The number of para-hydroxylation sites is 1. The van der Waals surface area contributed by atoms with Gasteiger partial charge in [-0.2, -0.15) is 0 Å². The molecule has 0 N–H and O–H groups in total. The molecule has 0 unspecified atom stereocenters. The molecule has 0 aliphatic carbocycles. The third-order valence-corrected chi connectivity index (χ3v) is 5.30. The first-order chi connectivity index (χ1) is 13.5. The zero-order chi connectivity index (χ0) is 20.1. The lowest BCUT2D eigenvalue weighted by molar-refractivity contribution is -0.143. The molecule has 0 bridgehead atoms.